The summed E-state index contributed by atoms with van der Waals surface area (Å²) < 4.78 is 1.57. The Morgan fingerprint density at radius 3 is 2.93 bits per heavy atom. The normalized spacial score (nSPS) is 16.9. The van der Waals surface area contributed by atoms with Crippen LogP contribution in [-0.2, 0) is 24.2 Å². The molecule has 2 aromatic rings. The van der Waals surface area contributed by atoms with E-state index in [9.17, 15) is 14.4 Å². The monoisotopic (exact) mass is 434 g/mol. The van der Waals surface area contributed by atoms with Gasteiger partial charge in [-0.2, -0.15) is 0 Å². The Hall–Kier alpha value is -2.13. The van der Waals surface area contributed by atoms with Gasteiger partial charge in [0, 0.05) is 18.0 Å². The Morgan fingerprint density at radius 1 is 1.48 bits per heavy atom. The van der Waals surface area contributed by atoms with Crippen molar-refractivity contribution in [3.63, 3.8) is 0 Å². The molecule has 29 heavy (non-hydrogen) atoms. The molecule has 2 heterocycles. The smallest absolute Gasteiger partial charge is 0.321 e. The van der Waals surface area contributed by atoms with Gasteiger partial charge in [-0.3, -0.25) is 19.5 Å². The van der Waals surface area contributed by atoms with Crippen LogP contribution in [0.5, 0.6) is 0 Å². The number of allylic oxidation sites excluding steroid dienone is 1. The molecule has 0 aliphatic heterocycles. The molecule has 1 aliphatic carbocycles. The van der Waals surface area contributed by atoms with Crippen LogP contribution in [0.4, 0.5) is 4.79 Å². The number of urea groups is 1. The van der Waals surface area contributed by atoms with Gasteiger partial charge in [-0.1, -0.05) is 24.8 Å². The highest BCUT2D eigenvalue weighted by atomic mass is 32.2. The van der Waals surface area contributed by atoms with Crippen LogP contribution in [0.2, 0.25) is 0 Å². The van der Waals surface area contributed by atoms with E-state index in [4.69, 9.17) is 4.98 Å². The molecule has 0 fully saturated rings. The second kappa shape index (κ2) is 9.13. The van der Waals surface area contributed by atoms with Crippen molar-refractivity contribution in [1.29, 1.82) is 0 Å². The lowest BCUT2D eigenvalue weighted by molar-refractivity contribution is -0.119. The van der Waals surface area contributed by atoms with Gasteiger partial charge in [0.2, 0.25) is 5.91 Å². The van der Waals surface area contributed by atoms with E-state index in [1.54, 1.807) is 35.8 Å². The Balaban J connectivity index is 1.96. The van der Waals surface area contributed by atoms with Gasteiger partial charge in [0.15, 0.2) is 5.16 Å². The van der Waals surface area contributed by atoms with Gasteiger partial charge >= 0.3 is 6.03 Å². The van der Waals surface area contributed by atoms with Crippen LogP contribution in [0, 0.1) is 5.92 Å². The number of aromatic nitrogens is 2. The molecule has 156 valence electrons. The number of nitrogens with zero attached hydrogens (tertiary/aromatic N) is 2. The van der Waals surface area contributed by atoms with E-state index >= 15 is 0 Å². The number of hydrogen-bond acceptors (Lipinski definition) is 6. The minimum absolute atomic E-state index is 0.0826. The fraction of sp³-hybridized carbons (Fsp3) is 0.500. The fourth-order valence-corrected chi connectivity index (χ4v) is 5.76. The van der Waals surface area contributed by atoms with E-state index in [0.717, 1.165) is 29.7 Å². The molecule has 9 heteroatoms. The molecule has 2 atom stereocenters. The summed E-state index contributed by atoms with van der Waals surface area (Å²) >= 11 is 2.76. The quantitative estimate of drug-likeness (QED) is 0.414. The minimum Gasteiger partial charge on any atom is -0.338 e. The van der Waals surface area contributed by atoms with Crippen LogP contribution in [0.1, 0.15) is 37.6 Å². The Labute approximate surface area is 178 Å². The average molecular weight is 435 g/mol. The number of fused-ring (bicyclic) bond motifs is 3. The predicted octanol–water partition coefficient (Wildman–Crippen LogP) is 3.10. The minimum atomic E-state index is -0.590. The number of rotatable bonds is 6. The van der Waals surface area contributed by atoms with Gasteiger partial charge in [-0.25, -0.2) is 9.78 Å². The molecule has 0 radical (unpaired) electrons. The Bertz CT molecular complexity index is 1010. The zero-order valence-corrected chi connectivity index (χ0v) is 18.5. The summed E-state index contributed by atoms with van der Waals surface area (Å²) in [5.41, 5.74) is 1.05. The second-order valence-electron chi connectivity index (χ2n) is 7.24. The summed E-state index contributed by atoms with van der Waals surface area (Å²) in [5, 5.41) is 5.42. The third-order valence-electron chi connectivity index (χ3n) is 4.92. The van der Waals surface area contributed by atoms with Crippen LogP contribution in [0.15, 0.2) is 22.6 Å². The number of nitrogens with one attached hydrogen (secondary N) is 2. The largest absolute Gasteiger partial charge is 0.338 e. The number of carbonyl (C=O) groups is 2. The lowest BCUT2D eigenvalue weighted by Crippen LogP contribution is -2.42. The van der Waals surface area contributed by atoms with E-state index < -0.39 is 17.2 Å². The zero-order chi connectivity index (χ0) is 21.1. The summed E-state index contributed by atoms with van der Waals surface area (Å²) in [4.78, 5) is 43.9. The highest BCUT2D eigenvalue weighted by Gasteiger charge is 2.26. The van der Waals surface area contributed by atoms with Crippen molar-refractivity contribution in [1.82, 2.24) is 20.2 Å². The number of amides is 3. The zero-order valence-electron chi connectivity index (χ0n) is 16.9. The number of aryl methyl sites for hydroxylation is 1. The molecule has 0 saturated carbocycles. The van der Waals surface area contributed by atoms with Crippen molar-refractivity contribution in [2.75, 3.05) is 6.54 Å². The van der Waals surface area contributed by atoms with Crippen LogP contribution in [0.3, 0.4) is 0 Å². The molecule has 1 aliphatic rings. The number of thioether (sulfide) groups is 1. The van der Waals surface area contributed by atoms with Gasteiger partial charge in [0.1, 0.15) is 4.83 Å². The maximum atomic E-state index is 13.3. The van der Waals surface area contributed by atoms with E-state index in [0.29, 0.717) is 29.6 Å². The third kappa shape index (κ3) is 4.56. The first kappa shape index (κ1) is 21.6. The lowest BCUT2D eigenvalue weighted by atomic mass is 9.89. The highest BCUT2D eigenvalue weighted by Crippen LogP contribution is 2.36. The molecule has 0 bridgehead atoms. The number of imide groups is 1. The SMILES string of the molecule is C=CCn1c(S[C@H](C)C(=O)NC(=O)NCC)nc2sc3c(c2c1=O)CC[C@@H](C)C3. The standard InChI is InChI=1S/C20H26N4O3S2/c1-5-9-24-18(26)15-13-8-7-11(3)10-14(13)29-17(15)23-20(24)28-12(4)16(25)22-19(27)21-6-2/h5,11-12H,1,6-10H2,2-4H3,(H2,21,22,25,27)/t11-,12-/m1/s1. The number of hydrogen-bond donors (Lipinski definition) is 2. The molecule has 2 aromatic heterocycles. The first-order valence-electron chi connectivity index (χ1n) is 9.77. The van der Waals surface area contributed by atoms with Crippen molar-refractivity contribution in [2.24, 2.45) is 5.92 Å². The summed E-state index contributed by atoms with van der Waals surface area (Å²) in [7, 11) is 0. The molecule has 3 amide bonds. The maximum absolute atomic E-state index is 13.3. The molecular formula is C20H26N4O3S2. The topological polar surface area (TPSA) is 93.1 Å². The van der Waals surface area contributed by atoms with Crippen molar-refractivity contribution in [3.05, 3.63) is 33.4 Å². The summed E-state index contributed by atoms with van der Waals surface area (Å²) in [6.07, 6.45) is 4.61. The molecule has 0 unspecified atom stereocenters. The summed E-state index contributed by atoms with van der Waals surface area (Å²) in [6, 6.07) is -0.531. The maximum Gasteiger partial charge on any atom is 0.321 e. The highest BCUT2D eigenvalue weighted by molar-refractivity contribution is 8.00. The summed E-state index contributed by atoms with van der Waals surface area (Å²) in [6.45, 7) is 10.2. The van der Waals surface area contributed by atoms with Gasteiger partial charge < -0.3 is 5.32 Å². The molecule has 0 saturated heterocycles. The van der Waals surface area contributed by atoms with Gasteiger partial charge in [0.05, 0.1) is 10.6 Å². The van der Waals surface area contributed by atoms with Crippen LogP contribution in [0.25, 0.3) is 10.2 Å². The summed E-state index contributed by atoms with van der Waals surface area (Å²) in [5.74, 6) is 0.178. The molecule has 2 N–H and O–H groups in total. The Kier molecular flexibility index (Phi) is 6.79. The van der Waals surface area contributed by atoms with Gasteiger partial charge in [-0.15, -0.1) is 17.9 Å². The van der Waals surface area contributed by atoms with E-state index in [1.807, 2.05) is 0 Å². The first-order chi connectivity index (χ1) is 13.8. The van der Waals surface area contributed by atoms with Crippen LogP contribution < -0.4 is 16.2 Å². The van der Waals surface area contributed by atoms with Crippen molar-refractivity contribution in [3.8, 4) is 0 Å². The third-order valence-corrected chi connectivity index (χ3v) is 7.16. The number of carbonyl (C=O) groups excluding carboxylic acids is 2. The van der Waals surface area contributed by atoms with Crippen LogP contribution >= 0.6 is 23.1 Å². The van der Waals surface area contributed by atoms with Gasteiger partial charge in [-0.05, 0) is 44.6 Å². The second-order valence-corrected chi connectivity index (χ2v) is 9.63. The molecule has 0 aromatic carbocycles. The van der Waals surface area contributed by atoms with Crippen molar-refractivity contribution >= 4 is 45.3 Å². The lowest BCUT2D eigenvalue weighted by Gasteiger charge is -2.18. The first-order valence-corrected chi connectivity index (χ1v) is 11.5. The molecule has 0 spiro atoms. The van der Waals surface area contributed by atoms with Crippen LogP contribution in [-0.4, -0.2) is 33.3 Å². The fourth-order valence-electron chi connectivity index (χ4n) is 3.41. The van der Waals surface area contributed by atoms with Crippen molar-refractivity contribution in [2.45, 2.75) is 57.0 Å². The average Bonchev–Trinajstić information content (AvgIpc) is 3.02. The molecule has 3 rings (SSSR count). The van der Waals surface area contributed by atoms with Crippen molar-refractivity contribution < 1.29 is 9.59 Å². The molecule has 7 nitrogen and oxygen atoms in total. The molecular weight excluding hydrogens is 408 g/mol. The number of thiophene rings is 1. The van der Waals surface area contributed by atoms with E-state index in [-0.39, 0.29) is 5.56 Å². The van der Waals surface area contributed by atoms with E-state index in [1.165, 1.54) is 16.6 Å². The van der Waals surface area contributed by atoms with Gasteiger partial charge in [0.25, 0.3) is 5.56 Å². The Morgan fingerprint density at radius 2 is 2.24 bits per heavy atom. The van der Waals surface area contributed by atoms with E-state index in [2.05, 4.69) is 24.1 Å². The predicted molar refractivity (Wildman–Crippen MR) is 118 cm³/mol.